The van der Waals surface area contributed by atoms with Crippen molar-refractivity contribution >= 4 is 22.6 Å². The molecule has 0 fully saturated rings. The number of tetrazole rings is 1. The summed E-state index contributed by atoms with van der Waals surface area (Å²) in [5.74, 6) is 0.114. The molecule has 2 aromatic carbocycles. The molecule has 0 bridgehead atoms. The van der Waals surface area contributed by atoms with Crippen LogP contribution in [0.15, 0.2) is 76.1 Å². The zero-order valence-electron chi connectivity index (χ0n) is 17.0. The Labute approximate surface area is 181 Å². The van der Waals surface area contributed by atoms with E-state index in [-0.39, 0.29) is 12.4 Å². The average Bonchev–Trinajstić information content (AvgIpc) is 3.44. The van der Waals surface area contributed by atoms with Crippen LogP contribution in [0.3, 0.4) is 0 Å². The normalized spacial score (nSPS) is 11.0. The largest absolute Gasteiger partial charge is 0.423 e. The van der Waals surface area contributed by atoms with Gasteiger partial charge in [-0.15, -0.1) is 15.0 Å². The number of nitrogens with zero attached hydrogens (tertiary/aromatic N) is 6. The molecule has 10 nitrogen and oxygen atoms in total. The number of amides is 1. The number of rotatable bonds is 5. The summed E-state index contributed by atoms with van der Waals surface area (Å²) in [5.41, 5.74) is 2.36. The molecule has 0 atom stereocenters. The van der Waals surface area contributed by atoms with Gasteiger partial charge in [0.15, 0.2) is 12.4 Å². The summed E-state index contributed by atoms with van der Waals surface area (Å²) in [6, 6.07) is 17.7. The molecular formula is C22H17N7O3. The van der Waals surface area contributed by atoms with Crippen molar-refractivity contribution in [2.24, 2.45) is 0 Å². The third-order valence-corrected chi connectivity index (χ3v) is 4.84. The molecule has 5 aromatic rings. The fourth-order valence-electron chi connectivity index (χ4n) is 3.29. The highest BCUT2D eigenvalue weighted by Gasteiger charge is 2.12. The number of anilines is 1. The van der Waals surface area contributed by atoms with Gasteiger partial charge in [0.2, 0.25) is 5.82 Å². The molecule has 32 heavy (non-hydrogen) atoms. The molecule has 0 aliphatic heterocycles. The van der Waals surface area contributed by atoms with E-state index in [2.05, 4.69) is 25.8 Å². The first-order valence-electron chi connectivity index (χ1n) is 9.78. The van der Waals surface area contributed by atoms with E-state index in [1.807, 2.05) is 37.3 Å². The number of carbonyl (C=O) groups excluding carboxylic acids is 1. The van der Waals surface area contributed by atoms with Gasteiger partial charge in [-0.05, 0) is 35.9 Å². The van der Waals surface area contributed by atoms with E-state index in [0.717, 1.165) is 16.5 Å². The minimum absolute atomic E-state index is 0.202. The predicted octanol–water partition coefficient (Wildman–Crippen LogP) is 2.71. The monoisotopic (exact) mass is 427 g/mol. The molecule has 0 unspecified atom stereocenters. The lowest BCUT2D eigenvalue weighted by molar-refractivity contribution is 0.102. The van der Waals surface area contributed by atoms with Crippen LogP contribution >= 0.6 is 0 Å². The minimum atomic E-state index is -0.436. The Bertz CT molecular complexity index is 1480. The molecule has 0 aliphatic rings. The number of fused-ring (bicyclic) bond motifs is 1. The molecule has 0 spiro atoms. The van der Waals surface area contributed by atoms with Crippen molar-refractivity contribution in [3.05, 3.63) is 88.5 Å². The molecule has 10 heteroatoms. The van der Waals surface area contributed by atoms with Gasteiger partial charge in [-0.25, -0.2) is 9.48 Å². The van der Waals surface area contributed by atoms with Crippen molar-refractivity contribution in [3.8, 4) is 11.4 Å². The van der Waals surface area contributed by atoms with E-state index in [4.69, 9.17) is 4.42 Å². The summed E-state index contributed by atoms with van der Waals surface area (Å²) in [4.78, 5) is 25.6. The standard InChI is InChI=1S/C22H17N7O3/c1-14-11-20(30)32-19-12-16(7-8-17(14)19)23-22(31)18-9-10-28(25-18)13-29-26-21(24-27-29)15-5-3-2-4-6-15/h2-12H,13H2,1H3,(H,23,31). The van der Waals surface area contributed by atoms with E-state index in [9.17, 15) is 9.59 Å². The van der Waals surface area contributed by atoms with Crippen molar-refractivity contribution in [1.29, 1.82) is 0 Å². The van der Waals surface area contributed by atoms with Gasteiger partial charge in [-0.2, -0.15) is 5.10 Å². The molecule has 0 aliphatic carbocycles. The van der Waals surface area contributed by atoms with E-state index < -0.39 is 11.5 Å². The van der Waals surface area contributed by atoms with Crippen LogP contribution in [0.1, 0.15) is 16.1 Å². The lowest BCUT2D eigenvalue weighted by Gasteiger charge is -2.06. The van der Waals surface area contributed by atoms with E-state index in [1.165, 1.54) is 15.5 Å². The topological polar surface area (TPSA) is 121 Å². The third-order valence-electron chi connectivity index (χ3n) is 4.84. The van der Waals surface area contributed by atoms with Crippen molar-refractivity contribution in [1.82, 2.24) is 30.0 Å². The zero-order chi connectivity index (χ0) is 22.1. The Balaban J connectivity index is 1.29. The van der Waals surface area contributed by atoms with Crippen molar-refractivity contribution < 1.29 is 9.21 Å². The highest BCUT2D eigenvalue weighted by Crippen LogP contribution is 2.21. The van der Waals surface area contributed by atoms with E-state index in [0.29, 0.717) is 17.1 Å². The van der Waals surface area contributed by atoms with Gasteiger partial charge in [-0.3, -0.25) is 4.79 Å². The molecule has 0 radical (unpaired) electrons. The summed E-state index contributed by atoms with van der Waals surface area (Å²) < 4.78 is 6.76. The Hall–Kier alpha value is -4.60. The number of aryl methyl sites for hydroxylation is 1. The summed E-state index contributed by atoms with van der Waals surface area (Å²) in [5, 5.41) is 20.3. The third kappa shape index (κ3) is 3.88. The van der Waals surface area contributed by atoms with Crippen LogP contribution in [0.4, 0.5) is 5.69 Å². The fourth-order valence-corrected chi connectivity index (χ4v) is 3.29. The van der Waals surface area contributed by atoms with Gasteiger partial charge in [0.05, 0.1) is 0 Å². The van der Waals surface area contributed by atoms with Crippen LogP contribution in [0.2, 0.25) is 0 Å². The van der Waals surface area contributed by atoms with Gasteiger partial charge in [-0.1, -0.05) is 30.3 Å². The highest BCUT2D eigenvalue weighted by molar-refractivity contribution is 6.03. The highest BCUT2D eigenvalue weighted by atomic mass is 16.4. The SMILES string of the molecule is Cc1cc(=O)oc2cc(NC(=O)c3ccn(Cn4nnc(-c5ccccc5)n4)n3)ccc12. The van der Waals surface area contributed by atoms with E-state index in [1.54, 1.807) is 30.5 Å². The number of hydrogen-bond acceptors (Lipinski definition) is 7. The van der Waals surface area contributed by atoms with Crippen LogP contribution in [0.25, 0.3) is 22.4 Å². The summed E-state index contributed by atoms with van der Waals surface area (Å²) >= 11 is 0. The lowest BCUT2D eigenvalue weighted by atomic mass is 10.1. The predicted molar refractivity (Wildman–Crippen MR) is 116 cm³/mol. The fraction of sp³-hybridized carbons (Fsp3) is 0.0909. The minimum Gasteiger partial charge on any atom is -0.423 e. The zero-order valence-corrected chi connectivity index (χ0v) is 17.0. The Morgan fingerprint density at radius 2 is 1.91 bits per heavy atom. The second-order valence-electron chi connectivity index (χ2n) is 7.15. The number of hydrogen-bond donors (Lipinski definition) is 1. The van der Waals surface area contributed by atoms with Gasteiger partial charge >= 0.3 is 5.63 Å². The average molecular weight is 427 g/mol. The molecule has 158 valence electrons. The number of benzene rings is 2. The second kappa shape index (κ2) is 7.91. The number of aromatic nitrogens is 6. The molecule has 3 heterocycles. The Morgan fingerprint density at radius 3 is 2.75 bits per heavy atom. The van der Waals surface area contributed by atoms with Crippen LogP contribution in [-0.2, 0) is 6.67 Å². The molecule has 0 saturated carbocycles. The smallest absolute Gasteiger partial charge is 0.336 e. The summed E-state index contributed by atoms with van der Waals surface area (Å²) in [6.45, 7) is 2.03. The number of carbonyl (C=O) groups is 1. The van der Waals surface area contributed by atoms with Crippen molar-refractivity contribution in [2.75, 3.05) is 5.32 Å². The first kappa shape index (κ1) is 19.4. The maximum atomic E-state index is 12.6. The lowest BCUT2D eigenvalue weighted by Crippen LogP contribution is -2.15. The quantitative estimate of drug-likeness (QED) is 0.428. The molecule has 0 saturated heterocycles. The molecule has 3 aromatic heterocycles. The second-order valence-corrected chi connectivity index (χ2v) is 7.15. The van der Waals surface area contributed by atoms with Crippen LogP contribution in [-0.4, -0.2) is 35.9 Å². The van der Waals surface area contributed by atoms with Gasteiger partial charge in [0.25, 0.3) is 5.91 Å². The van der Waals surface area contributed by atoms with E-state index >= 15 is 0 Å². The van der Waals surface area contributed by atoms with Gasteiger partial charge < -0.3 is 9.73 Å². The Kier molecular flexibility index (Phi) is 4.79. The van der Waals surface area contributed by atoms with Crippen LogP contribution in [0, 0.1) is 6.92 Å². The maximum absolute atomic E-state index is 12.6. The van der Waals surface area contributed by atoms with Crippen LogP contribution in [0.5, 0.6) is 0 Å². The molecule has 1 N–H and O–H groups in total. The first-order chi connectivity index (χ1) is 15.5. The molecule has 5 rings (SSSR count). The first-order valence-corrected chi connectivity index (χ1v) is 9.78. The molecular weight excluding hydrogens is 410 g/mol. The summed E-state index contributed by atoms with van der Waals surface area (Å²) in [7, 11) is 0. The van der Waals surface area contributed by atoms with Crippen molar-refractivity contribution in [2.45, 2.75) is 13.6 Å². The summed E-state index contributed by atoms with van der Waals surface area (Å²) in [6.07, 6.45) is 1.66. The maximum Gasteiger partial charge on any atom is 0.336 e. The Morgan fingerprint density at radius 1 is 1.06 bits per heavy atom. The molecule has 1 amide bonds. The van der Waals surface area contributed by atoms with Gasteiger partial charge in [0, 0.05) is 35.0 Å². The van der Waals surface area contributed by atoms with Crippen LogP contribution < -0.4 is 10.9 Å². The van der Waals surface area contributed by atoms with Crippen molar-refractivity contribution in [3.63, 3.8) is 0 Å². The van der Waals surface area contributed by atoms with Gasteiger partial charge in [0.1, 0.15) is 5.58 Å². The number of nitrogens with one attached hydrogen (secondary N) is 1.